The molecule has 0 radical (unpaired) electrons. The molecule has 0 aliphatic carbocycles. The van der Waals surface area contributed by atoms with Crippen molar-refractivity contribution in [1.82, 2.24) is 39.7 Å². The molecule has 0 unspecified atom stereocenters. The molecule has 0 aliphatic heterocycles. The van der Waals surface area contributed by atoms with Gasteiger partial charge in [0.25, 0.3) is 5.22 Å². The minimum atomic E-state index is -4.61. The Morgan fingerprint density at radius 3 is 2.72 bits per heavy atom. The lowest BCUT2D eigenvalue weighted by Crippen LogP contribution is -2.15. The van der Waals surface area contributed by atoms with Crippen molar-refractivity contribution in [3.8, 4) is 5.69 Å². The summed E-state index contributed by atoms with van der Waals surface area (Å²) in [6.07, 6.45) is 0.449. The number of aromatic nitrogens is 8. The molecule has 13 heteroatoms. The van der Waals surface area contributed by atoms with E-state index < -0.39 is 12.0 Å². The highest BCUT2D eigenvalue weighted by Crippen LogP contribution is 2.32. The number of alkyl halides is 3. The highest BCUT2D eigenvalue weighted by Gasteiger charge is 2.38. The van der Waals surface area contributed by atoms with Crippen LogP contribution in [0.5, 0.6) is 0 Å². The van der Waals surface area contributed by atoms with E-state index in [-0.39, 0.29) is 23.2 Å². The fourth-order valence-corrected chi connectivity index (χ4v) is 3.72. The summed E-state index contributed by atoms with van der Waals surface area (Å²) in [5, 5.41) is 16.1. The van der Waals surface area contributed by atoms with Crippen LogP contribution in [0.4, 0.5) is 13.2 Å². The Balaban J connectivity index is 1.31. The van der Waals surface area contributed by atoms with Crippen LogP contribution in [0.2, 0.25) is 0 Å². The topological polar surface area (TPSA) is 100 Å². The standard InChI is InChI=1S/C19H13F3N8OS/c20-19(21,22)17-24-14-5-1-2-6-15(14)29(17)10-16-26-27-18(31-16)32-11-12-9-30(28-25-12)13-4-3-7-23-8-13/h1-9H,10-11H2. The van der Waals surface area contributed by atoms with Crippen molar-refractivity contribution in [1.29, 1.82) is 0 Å². The van der Waals surface area contributed by atoms with E-state index in [4.69, 9.17) is 4.42 Å². The van der Waals surface area contributed by atoms with Gasteiger partial charge in [0.2, 0.25) is 11.7 Å². The summed E-state index contributed by atoms with van der Waals surface area (Å²) >= 11 is 1.21. The van der Waals surface area contributed by atoms with Gasteiger partial charge < -0.3 is 8.98 Å². The van der Waals surface area contributed by atoms with Crippen LogP contribution in [0.1, 0.15) is 17.4 Å². The Kier molecular flexibility index (Phi) is 5.09. The number of fused-ring (bicyclic) bond motifs is 1. The summed E-state index contributed by atoms with van der Waals surface area (Å²) in [5.41, 5.74) is 2.01. The van der Waals surface area contributed by atoms with Gasteiger partial charge in [-0.1, -0.05) is 29.1 Å². The molecule has 5 rings (SSSR count). The number of benzene rings is 1. The molecule has 162 valence electrons. The zero-order valence-electron chi connectivity index (χ0n) is 16.1. The summed E-state index contributed by atoms with van der Waals surface area (Å²) in [4.78, 5) is 7.74. The van der Waals surface area contributed by atoms with E-state index in [1.54, 1.807) is 47.5 Å². The van der Waals surface area contributed by atoms with Gasteiger partial charge in [0, 0.05) is 11.9 Å². The van der Waals surface area contributed by atoms with Crippen LogP contribution in [-0.2, 0) is 18.5 Å². The highest BCUT2D eigenvalue weighted by atomic mass is 32.2. The van der Waals surface area contributed by atoms with Gasteiger partial charge in [0.1, 0.15) is 6.54 Å². The van der Waals surface area contributed by atoms with E-state index in [9.17, 15) is 13.2 Å². The molecular formula is C19H13F3N8OS. The third-order valence-electron chi connectivity index (χ3n) is 4.44. The molecule has 32 heavy (non-hydrogen) atoms. The number of hydrogen-bond donors (Lipinski definition) is 0. The smallest absolute Gasteiger partial charge is 0.414 e. The van der Waals surface area contributed by atoms with Crippen molar-refractivity contribution >= 4 is 22.8 Å². The molecule has 1 aromatic carbocycles. The van der Waals surface area contributed by atoms with Crippen molar-refractivity contribution in [2.45, 2.75) is 23.7 Å². The minimum Gasteiger partial charge on any atom is -0.414 e. The molecule has 0 saturated carbocycles. The molecule has 4 aromatic heterocycles. The van der Waals surface area contributed by atoms with Crippen LogP contribution < -0.4 is 0 Å². The fourth-order valence-electron chi connectivity index (χ4n) is 3.06. The van der Waals surface area contributed by atoms with Crippen molar-refractivity contribution < 1.29 is 17.6 Å². The number of para-hydroxylation sites is 2. The minimum absolute atomic E-state index is 0.0418. The number of halogens is 3. The number of hydrogen-bond acceptors (Lipinski definition) is 8. The lowest BCUT2D eigenvalue weighted by atomic mass is 10.3. The zero-order chi connectivity index (χ0) is 22.1. The molecule has 0 bridgehead atoms. The monoisotopic (exact) mass is 458 g/mol. The maximum absolute atomic E-state index is 13.5. The number of pyridine rings is 1. The second-order valence-electron chi connectivity index (χ2n) is 6.62. The van der Waals surface area contributed by atoms with E-state index in [0.717, 1.165) is 10.3 Å². The molecule has 0 spiro atoms. The molecular weight excluding hydrogens is 445 g/mol. The Bertz CT molecular complexity index is 1360. The fraction of sp³-hybridized carbons (Fsp3) is 0.158. The first-order valence-corrected chi connectivity index (χ1v) is 10.3. The predicted molar refractivity (Wildman–Crippen MR) is 107 cm³/mol. The first-order valence-electron chi connectivity index (χ1n) is 9.26. The van der Waals surface area contributed by atoms with Gasteiger partial charge in [0.05, 0.1) is 34.8 Å². The number of rotatable bonds is 6. The van der Waals surface area contributed by atoms with Gasteiger partial charge in [0.15, 0.2) is 0 Å². The summed E-state index contributed by atoms with van der Waals surface area (Å²) in [7, 11) is 0. The van der Waals surface area contributed by atoms with Gasteiger partial charge in [-0.2, -0.15) is 13.2 Å². The van der Waals surface area contributed by atoms with Gasteiger partial charge in [-0.25, -0.2) is 9.67 Å². The van der Waals surface area contributed by atoms with Gasteiger partial charge in [-0.15, -0.1) is 15.3 Å². The average molecular weight is 458 g/mol. The lowest BCUT2D eigenvalue weighted by Gasteiger charge is -2.09. The molecule has 0 amide bonds. The summed E-state index contributed by atoms with van der Waals surface area (Å²) in [5.74, 6) is -0.581. The summed E-state index contributed by atoms with van der Waals surface area (Å²) in [6, 6.07) is 10.0. The highest BCUT2D eigenvalue weighted by molar-refractivity contribution is 7.98. The first-order chi connectivity index (χ1) is 15.5. The average Bonchev–Trinajstić information content (AvgIpc) is 3.52. The number of imidazole rings is 1. The van der Waals surface area contributed by atoms with Gasteiger partial charge in [-0.3, -0.25) is 4.98 Å². The molecule has 0 atom stereocenters. The Labute approximate surface area is 182 Å². The van der Waals surface area contributed by atoms with Crippen LogP contribution in [0, 0.1) is 0 Å². The summed E-state index contributed by atoms with van der Waals surface area (Å²) < 4.78 is 48.5. The van der Waals surface area contributed by atoms with Gasteiger partial charge >= 0.3 is 6.18 Å². The predicted octanol–water partition coefficient (Wildman–Crippen LogP) is 3.75. The SMILES string of the molecule is FC(F)(F)c1nc2ccccc2n1Cc1nnc(SCc2cn(-c3cccnc3)nn2)o1. The largest absolute Gasteiger partial charge is 0.449 e. The molecule has 9 nitrogen and oxygen atoms in total. The molecule has 4 heterocycles. The normalized spacial score (nSPS) is 12.0. The maximum Gasteiger partial charge on any atom is 0.449 e. The van der Waals surface area contributed by atoms with Crippen LogP contribution in [0.3, 0.4) is 0 Å². The molecule has 0 N–H and O–H groups in total. The third-order valence-corrected chi connectivity index (χ3v) is 5.30. The van der Waals surface area contributed by atoms with Crippen molar-refractivity contribution in [3.05, 3.63) is 72.4 Å². The summed E-state index contributed by atoms with van der Waals surface area (Å²) in [6.45, 7) is -0.250. The molecule has 0 fully saturated rings. The van der Waals surface area contributed by atoms with Crippen LogP contribution in [0.15, 0.2) is 64.6 Å². The zero-order valence-corrected chi connectivity index (χ0v) is 17.0. The van der Waals surface area contributed by atoms with Crippen molar-refractivity contribution in [2.24, 2.45) is 0 Å². The first kappa shape index (κ1) is 20.2. The van der Waals surface area contributed by atoms with Crippen molar-refractivity contribution in [3.63, 3.8) is 0 Å². The Hall–Kier alpha value is -3.74. The number of nitrogens with zero attached hydrogens (tertiary/aromatic N) is 8. The van der Waals surface area contributed by atoms with Crippen LogP contribution in [-0.4, -0.2) is 39.7 Å². The van der Waals surface area contributed by atoms with Crippen molar-refractivity contribution in [2.75, 3.05) is 0 Å². The van der Waals surface area contributed by atoms with E-state index in [1.807, 2.05) is 6.07 Å². The maximum atomic E-state index is 13.5. The lowest BCUT2D eigenvalue weighted by molar-refractivity contribution is -0.146. The third kappa shape index (κ3) is 4.06. The van der Waals surface area contributed by atoms with Crippen LogP contribution >= 0.6 is 11.8 Å². The van der Waals surface area contributed by atoms with Crippen LogP contribution in [0.25, 0.3) is 16.7 Å². The molecule has 0 aliphatic rings. The molecule has 5 aromatic rings. The van der Waals surface area contributed by atoms with E-state index in [1.165, 1.54) is 17.8 Å². The Morgan fingerprint density at radius 2 is 1.91 bits per heavy atom. The van der Waals surface area contributed by atoms with E-state index >= 15 is 0 Å². The second kappa shape index (κ2) is 8.07. The van der Waals surface area contributed by atoms with Gasteiger partial charge in [-0.05, 0) is 24.3 Å². The Morgan fingerprint density at radius 1 is 1.03 bits per heavy atom. The quantitative estimate of drug-likeness (QED) is 0.355. The number of thioether (sulfide) groups is 1. The molecule has 0 saturated heterocycles. The van der Waals surface area contributed by atoms with E-state index in [0.29, 0.717) is 17.0 Å². The second-order valence-corrected chi connectivity index (χ2v) is 7.55. The van der Waals surface area contributed by atoms with E-state index in [2.05, 4.69) is 30.5 Å².